The summed E-state index contributed by atoms with van der Waals surface area (Å²) in [4.78, 5) is 4.09. The molecule has 0 radical (unpaired) electrons. The summed E-state index contributed by atoms with van der Waals surface area (Å²) in [7, 11) is 1.81. The van der Waals surface area contributed by atoms with Crippen molar-refractivity contribution in [3.8, 4) is 11.4 Å². The van der Waals surface area contributed by atoms with Gasteiger partial charge in [-0.15, -0.1) is 0 Å². The van der Waals surface area contributed by atoms with Crippen LogP contribution in [0, 0.1) is 5.82 Å². The highest BCUT2D eigenvalue weighted by atomic mass is 35.5. The molecule has 5 heteroatoms. The molecular weight excluding hydrogens is 217 g/mol. The summed E-state index contributed by atoms with van der Waals surface area (Å²) in [5, 5.41) is 0.202. The van der Waals surface area contributed by atoms with E-state index in [1.54, 1.807) is 24.0 Å². The molecule has 1 aromatic heterocycles. The van der Waals surface area contributed by atoms with Crippen molar-refractivity contribution >= 4 is 17.3 Å². The molecule has 0 fully saturated rings. The molecule has 1 heterocycles. The minimum atomic E-state index is -0.424. The Bertz CT molecular complexity index is 507. The molecule has 15 heavy (non-hydrogen) atoms. The summed E-state index contributed by atoms with van der Waals surface area (Å²) < 4.78 is 14.9. The molecule has 2 aromatic rings. The first-order chi connectivity index (χ1) is 7.09. The van der Waals surface area contributed by atoms with Crippen molar-refractivity contribution in [3.05, 3.63) is 35.4 Å². The number of hydrogen-bond donors (Lipinski definition) is 1. The number of nitrogens with zero attached hydrogens (tertiary/aromatic N) is 2. The minimum absolute atomic E-state index is 0.202. The number of nitrogen functional groups attached to an aromatic ring is 1. The molecular formula is C10H9ClFN3. The first-order valence-electron chi connectivity index (χ1n) is 4.32. The van der Waals surface area contributed by atoms with Crippen LogP contribution in [0.1, 0.15) is 0 Å². The average Bonchev–Trinajstić information content (AvgIpc) is 2.58. The summed E-state index contributed by atoms with van der Waals surface area (Å²) in [6, 6.07) is 2.51. The topological polar surface area (TPSA) is 43.8 Å². The van der Waals surface area contributed by atoms with Gasteiger partial charge in [0.15, 0.2) is 0 Å². The van der Waals surface area contributed by atoms with Crippen LogP contribution in [0.3, 0.4) is 0 Å². The van der Waals surface area contributed by atoms with Gasteiger partial charge in [-0.05, 0) is 12.1 Å². The summed E-state index contributed by atoms with van der Waals surface area (Å²) in [5.41, 5.74) is 6.61. The van der Waals surface area contributed by atoms with Gasteiger partial charge in [-0.1, -0.05) is 11.6 Å². The second-order valence-electron chi connectivity index (χ2n) is 3.21. The van der Waals surface area contributed by atoms with Crippen LogP contribution < -0.4 is 5.73 Å². The molecule has 0 amide bonds. The summed E-state index contributed by atoms with van der Waals surface area (Å²) >= 11 is 5.79. The van der Waals surface area contributed by atoms with Gasteiger partial charge in [-0.25, -0.2) is 9.37 Å². The zero-order chi connectivity index (χ0) is 11.0. The van der Waals surface area contributed by atoms with Gasteiger partial charge in [0.1, 0.15) is 11.6 Å². The van der Waals surface area contributed by atoms with Gasteiger partial charge < -0.3 is 10.3 Å². The lowest BCUT2D eigenvalue weighted by Crippen LogP contribution is -1.98. The number of nitrogens with two attached hydrogens (primary N) is 1. The van der Waals surface area contributed by atoms with E-state index in [0.717, 1.165) is 0 Å². The van der Waals surface area contributed by atoms with Crippen LogP contribution in [0.2, 0.25) is 5.02 Å². The van der Waals surface area contributed by atoms with Crippen molar-refractivity contribution in [2.75, 3.05) is 5.73 Å². The molecule has 1 aromatic carbocycles. The highest BCUT2D eigenvalue weighted by Crippen LogP contribution is 2.31. The number of aryl methyl sites for hydroxylation is 1. The first-order valence-corrected chi connectivity index (χ1v) is 4.69. The molecule has 0 atom stereocenters. The molecule has 0 bridgehead atoms. The van der Waals surface area contributed by atoms with Crippen LogP contribution in [-0.4, -0.2) is 9.55 Å². The van der Waals surface area contributed by atoms with Gasteiger partial charge in [0, 0.05) is 25.0 Å². The lowest BCUT2D eigenvalue weighted by atomic mass is 10.1. The number of benzene rings is 1. The highest BCUT2D eigenvalue weighted by Gasteiger charge is 2.11. The van der Waals surface area contributed by atoms with E-state index in [1.807, 2.05) is 0 Å². The molecule has 0 aliphatic heterocycles. The Morgan fingerprint density at radius 1 is 1.47 bits per heavy atom. The predicted molar refractivity (Wildman–Crippen MR) is 58.0 cm³/mol. The normalized spacial score (nSPS) is 10.6. The van der Waals surface area contributed by atoms with Crippen molar-refractivity contribution in [1.29, 1.82) is 0 Å². The number of imidazole rings is 1. The van der Waals surface area contributed by atoms with Crippen molar-refractivity contribution < 1.29 is 4.39 Å². The predicted octanol–water partition coefficient (Wildman–Crippen LogP) is 2.46. The molecule has 78 valence electrons. The Morgan fingerprint density at radius 2 is 2.20 bits per heavy atom. The molecule has 2 N–H and O–H groups in total. The summed E-state index contributed by atoms with van der Waals surface area (Å²) in [6.45, 7) is 0. The molecule has 0 unspecified atom stereocenters. The zero-order valence-electron chi connectivity index (χ0n) is 8.04. The van der Waals surface area contributed by atoms with Crippen LogP contribution in [-0.2, 0) is 7.05 Å². The van der Waals surface area contributed by atoms with Crippen LogP contribution in [0.5, 0.6) is 0 Å². The van der Waals surface area contributed by atoms with E-state index in [-0.39, 0.29) is 5.02 Å². The van der Waals surface area contributed by atoms with E-state index in [9.17, 15) is 4.39 Å². The molecule has 0 saturated heterocycles. The molecule has 0 saturated carbocycles. The molecule has 0 spiro atoms. The van der Waals surface area contributed by atoms with Crippen LogP contribution >= 0.6 is 11.6 Å². The quantitative estimate of drug-likeness (QED) is 0.758. The molecule has 2 rings (SSSR count). The third kappa shape index (κ3) is 1.68. The standard InChI is InChI=1S/C10H9ClFN3/c1-15-3-2-14-10(15)7-4-6(12)5-8(11)9(7)13/h2-5H,13H2,1H3. The smallest absolute Gasteiger partial charge is 0.141 e. The summed E-state index contributed by atoms with van der Waals surface area (Å²) in [5.74, 6) is 0.168. The van der Waals surface area contributed by atoms with E-state index in [1.165, 1.54) is 12.1 Å². The van der Waals surface area contributed by atoms with Crippen molar-refractivity contribution in [1.82, 2.24) is 9.55 Å². The number of halogens is 2. The Morgan fingerprint density at radius 3 is 2.80 bits per heavy atom. The third-order valence-corrected chi connectivity index (χ3v) is 2.47. The largest absolute Gasteiger partial charge is 0.397 e. The number of anilines is 1. The third-order valence-electron chi connectivity index (χ3n) is 2.16. The Balaban J connectivity index is 2.68. The van der Waals surface area contributed by atoms with Crippen molar-refractivity contribution in [2.45, 2.75) is 0 Å². The van der Waals surface area contributed by atoms with E-state index < -0.39 is 5.82 Å². The molecule has 0 aliphatic rings. The van der Waals surface area contributed by atoms with Gasteiger partial charge in [-0.2, -0.15) is 0 Å². The van der Waals surface area contributed by atoms with Crippen molar-refractivity contribution in [3.63, 3.8) is 0 Å². The van der Waals surface area contributed by atoms with Crippen LogP contribution in [0.25, 0.3) is 11.4 Å². The SMILES string of the molecule is Cn1ccnc1-c1cc(F)cc(Cl)c1N. The van der Waals surface area contributed by atoms with Gasteiger partial charge in [0.05, 0.1) is 10.7 Å². The van der Waals surface area contributed by atoms with Crippen LogP contribution in [0.15, 0.2) is 24.5 Å². The lowest BCUT2D eigenvalue weighted by molar-refractivity contribution is 0.628. The fourth-order valence-electron chi connectivity index (χ4n) is 1.39. The first kappa shape index (κ1) is 9.98. The fourth-order valence-corrected chi connectivity index (χ4v) is 1.60. The van der Waals surface area contributed by atoms with E-state index in [4.69, 9.17) is 17.3 Å². The molecule has 3 nitrogen and oxygen atoms in total. The molecule has 0 aliphatic carbocycles. The maximum absolute atomic E-state index is 13.2. The van der Waals surface area contributed by atoms with E-state index in [2.05, 4.69) is 4.98 Å². The maximum Gasteiger partial charge on any atom is 0.141 e. The Labute approximate surface area is 91.3 Å². The van der Waals surface area contributed by atoms with E-state index in [0.29, 0.717) is 17.1 Å². The van der Waals surface area contributed by atoms with Gasteiger partial charge in [-0.3, -0.25) is 0 Å². The summed E-state index contributed by atoms with van der Waals surface area (Å²) in [6.07, 6.45) is 3.38. The number of rotatable bonds is 1. The second-order valence-corrected chi connectivity index (χ2v) is 3.62. The zero-order valence-corrected chi connectivity index (χ0v) is 8.79. The Kier molecular flexibility index (Phi) is 2.36. The monoisotopic (exact) mass is 225 g/mol. The van der Waals surface area contributed by atoms with Gasteiger partial charge >= 0.3 is 0 Å². The van der Waals surface area contributed by atoms with Gasteiger partial charge in [0.25, 0.3) is 0 Å². The average molecular weight is 226 g/mol. The van der Waals surface area contributed by atoms with Gasteiger partial charge in [0.2, 0.25) is 0 Å². The maximum atomic E-state index is 13.2. The van der Waals surface area contributed by atoms with Crippen LogP contribution in [0.4, 0.5) is 10.1 Å². The van der Waals surface area contributed by atoms with E-state index >= 15 is 0 Å². The highest BCUT2D eigenvalue weighted by molar-refractivity contribution is 6.33. The number of aromatic nitrogens is 2. The lowest BCUT2D eigenvalue weighted by Gasteiger charge is -2.07. The fraction of sp³-hybridized carbons (Fsp3) is 0.100. The minimum Gasteiger partial charge on any atom is -0.397 e. The second kappa shape index (κ2) is 3.55. The van der Waals surface area contributed by atoms with Crippen molar-refractivity contribution in [2.24, 2.45) is 7.05 Å². The number of hydrogen-bond acceptors (Lipinski definition) is 2. The Hall–Kier alpha value is -1.55.